The van der Waals surface area contributed by atoms with Crippen molar-refractivity contribution >= 4 is 50.5 Å². The van der Waals surface area contributed by atoms with Crippen molar-refractivity contribution in [2.24, 2.45) is 5.10 Å². The Hall–Kier alpha value is -3.89. The van der Waals surface area contributed by atoms with Crippen LogP contribution in [0.2, 0.25) is 5.02 Å². The summed E-state index contributed by atoms with van der Waals surface area (Å²) in [7, 11) is -2.37. The fraction of sp³-hybridized carbons (Fsp3) is 0.160. The van der Waals surface area contributed by atoms with Gasteiger partial charge in [-0.1, -0.05) is 41.9 Å². The molecule has 0 fully saturated rings. The second-order valence-electron chi connectivity index (χ2n) is 7.72. The lowest BCUT2D eigenvalue weighted by atomic mass is 10.1. The molecule has 3 aromatic carbocycles. The first-order chi connectivity index (χ1) is 17.1. The monoisotopic (exact) mass is 528 g/mol. The number of carbonyl (C=O) groups excluding carboxylic acids is 2. The van der Waals surface area contributed by atoms with Gasteiger partial charge in [0.1, 0.15) is 12.3 Å². The molecular formula is C25H25ClN4O5S. The van der Waals surface area contributed by atoms with Crippen LogP contribution in [0.4, 0.5) is 11.4 Å². The van der Waals surface area contributed by atoms with Crippen molar-refractivity contribution in [2.45, 2.75) is 6.92 Å². The van der Waals surface area contributed by atoms with E-state index in [1.165, 1.54) is 7.11 Å². The Labute approximate surface area is 214 Å². The smallest absolute Gasteiger partial charge is 0.260 e. The normalized spacial score (nSPS) is 11.5. The molecule has 0 radical (unpaired) electrons. The van der Waals surface area contributed by atoms with Gasteiger partial charge >= 0.3 is 0 Å². The summed E-state index contributed by atoms with van der Waals surface area (Å²) in [4.78, 5) is 25.1. The van der Waals surface area contributed by atoms with Crippen LogP contribution in [-0.4, -0.2) is 45.9 Å². The molecule has 0 aliphatic heterocycles. The van der Waals surface area contributed by atoms with Crippen molar-refractivity contribution in [3.63, 3.8) is 0 Å². The second kappa shape index (κ2) is 11.7. The van der Waals surface area contributed by atoms with Crippen LogP contribution in [0.1, 0.15) is 22.8 Å². The number of nitrogens with zero attached hydrogens (tertiary/aromatic N) is 2. The number of ether oxygens (including phenoxy) is 1. The number of hydrogen-bond donors (Lipinski definition) is 2. The molecule has 0 bridgehead atoms. The van der Waals surface area contributed by atoms with Crippen molar-refractivity contribution < 1.29 is 22.7 Å². The van der Waals surface area contributed by atoms with Gasteiger partial charge in [-0.2, -0.15) is 5.10 Å². The number of methoxy groups -OCH3 is 1. The standard InChI is InChI=1S/C25H25ClN4O5S/c1-17(18-8-7-11-21(15-18)27-25(32)19-9-6-10-20(26)14-19)28-29-24(31)16-30(36(3,33)34)22-12-4-5-13-23(22)35-2/h4-15H,16H2,1-3H3,(H,27,32)(H,29,31)/b28-17-. The van der Waals surface area contributed by atoms with Crippen LogP contribution in [0.5, 0.6) is 5.75 Å². The number of anilines is 2. The van der Waals surface area contributed by atoms with Gasteiger partial charge in [0.05, 0.1) is 24.8 Å². The first kappa shape index (κ1) is 26.7. The number of benzene rings is 3. The molecule has 0 saturated heterocycles. The van der Waals surface area contributed by atoms with Crippen LogP contribution in [-0.2, 0) is 14.8 Å². The molecule has 188 valence electrons. The Morgan fingerprint density at radius 3 is 2.39 bits per heavy atom. The third kappa shape index (κ3) is 7.06. The maximum Gasteiger partial charge on any atom is 0.260 e. The lowest BCUT2D eigenvalue weighted by molar-refractivity contribution is -0.119. The van der Waals surface area contributed by atoms with Crippen molar-refractivity contribution in [3.8, 4) is 5.75 Å². The predicted octanol–water partition coefficient (Wildman–Crippen LogP) is 3.91. The van der Waals surface area contributed by atoms with Gasteiger partial charge in [0.2, 0.25) is 10.0 Å². The minimum Gasteiger partial charge on any atom is -0.495 e. The van der Waals surface area contributed by atoms with Crippen molar-refractivity contribution in [1.82, 2.24) is 5.43 Å². The van der Waals surface area contributed by atoms with Crippen LogP contribution < -0.4 is 19.8 Å². The number of hydrazone groups is 1. The highest BCUT2D eigenvalue weighted by molar-refractivity contribution is 7.92. The van der Waals surface area contributed by atoms with Crippen LogP contribution >= 0.6 is 11.6 Å². The summed E-state index contributed by atoms with van der Waals surface area (Å²) in [5.41, 5.74) is 4.65. The predicted molar refractivity (Wildman–Crippen MR) is 141 cm³/mol. The summed E-state index contributed by atoms with van der Waals surface area (Å²) in [6.07, 6.45) is 1.00. The lowest BCUT2D eigenvalue weighted by Crippen LogP contribution is -2.39. The molecule has 3 aromatic rings. The first-order valence-corrected chi connectivity index (χ1v) is 12.9. The number of halogens is 1. The largest absolute Gasteiger partial charge is 0.495 e. The maximum absolute atomic E-state index is 12.6. The Kier molecular flexibility index (Phi) is 8.68. The quantitative estimate of drug-likeness (QED) is 0.322. The highest BCUT2D eigenvalue weighted by Crippen LogP contribution is 2.29. The molecule has 3 rings (SSSR count). The van der Waals surface area contributed by atoms with Crippen molar-refractivity contribution in [3.05, 3.63) is 88.9 Å². The van der Waals surface area contributed by atoms with Crippen LogP contribution in [0, 0.1) is 0 Å². The van der Waals surface area contributed by atoms with E-state index in [9.17, 15) is 18.0 Å². The molecule has 0 aliphatic rings. The van der Waals surface area contributed by atoms with Gasteiger partial charge in [-0.15, -0.1) is 0 Å². The Morgan fingerprint density at radius 1 is 1.00 bits per heavy atom. The molecule has 9 nitrogen and oxygen atoms in total. The number of carbonyl (C=O) groups is 2. The fourth-order valence-electron chi connectivity index (χ4n) is 3.25. The molecule has 2 amide bonds. The molecule has 0 spiro atoms. The van der Waals surface area contributed by atoms with Gasteiger partial charge in [-0.05, 0) is 55.0 Å². The molecular weight excluding hydrogens is 504 g/mol. The average molecular weight is 529 g/mol. The number of para-hydroxylation sites is 2. The van der Waals surface area contributed by atoms with E-state index >= 15 is 0 Å². The maximum atomic E-state index is 12.6. The van der Waals surface area contributed by atoms with E-state index in [1.54, 1.807) is 79.7 Å². The van der Waals surface area contributed by atoms with Crippen LogP contribution in [0.25, 0.3) is 0 Å². The third-order valence-corrected chi connectivity index (χ3v) is 6.38. The molecule has 0 unspecified atom stereocenters. The lowest BCUT2D eigenvalue weighted by Gasteiger charge is -2.23. The number of amides is 2. The van der Waals surface area contributed by atoms with E-state index in [2.05, 4.69) is 15.8 Å². The number of nitrogens with one attached hydrogen (secondary N) is 2. The van der Waals surface area contributed by atoms with Gasteiger partial charge in [0.25, 0.3) is 11.8 Å². The van der Waals surface area contributed by atoms with E-state index in [4.69, 9.17) is 16.3 Å². The molecule has 0 saturated carbocycles. The third-order valence-electron chi connectivity index (χ3n) is 5.01. The summed E-state index contributed by atoms with van der Waals surface area (Å²) < 4.78 is 30.9. The highest BCUT2D eigenvalue weighted by Gasteiger charge is 2.23. The summed E-state index contributed by atoms with van der Waals surface area (Å²) in [5.74, 6) is -0.655. The Balaban J connectivity index is 1.71. The van der Waals surface area contributed by atoms with E-state index in [-0.39, 0.29) is 11.6 Å². The van der Waals surface area contributed by atoms with Gasteiger partial charge in [-0.25, -0.2) is 13.8 Å². The molecule has 2 N–H and O–H groups in total. The van der Waals surface area contributed by atoms with E-state index in [1.807, 2.05) is 0 Å². The van der Waals surface area contributed by atoms with Gasteiger partial charge in [0.15, 0.2) is 0 Å². The average Bonchev–Trinajstić information content (AvgIpc) is 2.85. The number of sulfonamides is 1. The fourth-order valence-corrected chi connectivity index (χ4v) is 4.30. The van der Waals surface area contributed by atoms with Gasteiger partial charge in [0, 0.05) is 16.3 Å². The van der Waals surface area contributed by atoms with Crippen LogP contribution in [0.3, 0.4) is 0 Å². The van der Waals surface area contributed by atoms with E-state index < -0.39 is 22.5 Å². The molecule has 0 atom stereocenters. The first-order valence-electron chi connectivity index (χ1n) is 10.7. The molecule has 11 heteroatoms. The number of hydrogen-bond acceptors (Lipinski definition) is 6. The van der Waals surface area contributed by atoms with Crippen molar-refractivity contribution in [2.75, 3.05) is 29.5 Å². The van der Waals surface area contributed by atoms with E-state index in [0.717, 1.165) is 10.6 Å². The highest BCUT2D eigenvalue weighted by atomic mass is 35.5. The molecule has 0 aliphatic carbocycles. The van der Waals surface area contributed by atoms with E-state index in [0.29, 0.717) is 33.3 Å². The van der Waals surface area contributed by atoms with Gasteiger partial charge in [-0.3, -0.25) is 13.9 Å². The summed E-state index contributed by atoms with van der Waals surface area (Å²) in [6.45, 7) is 1.18. The minimum atomic E-state index is -3.78. The summed E-state index contributed by atoms with van der Waals surface area (Å²) in [6, 6.07) is 20.0. The SMILES string of the molecule is COc1ccccc1N(CC(=O)N/N=C(/C)c1cccc(NC(=O)c2cccc(Cl)c2)c1)S(C)(=O)=O. The van der Waals surface area contributed by atoms with Crippen LogP contribution in [0.15, 0.2) is 77.9 Å². The van der Waals surface area contributed by atoms with Gasteiger partial charge < -0.3 is 10.1 Å². The topological polar surface area (TPSA) is 117 Å². The second-order valence-corrected chi connectivity index (χ2v) is 10.1. The molecule has 36 heavy (non-hydrogen) atoms. The Bertz CT molecular complexity index is 1410. The van der Waals surface area contributed by atoms with Crippen molar-refractivity contribution in [1.29, 1.82) is 0 Å². The minimum absolute atomic E-state index is 0.237. The molecule has 0 aromatic heterocycles. The molecule has 0 heterocycles. The zero-order valence-corrected chi connectivity index (χ0v) is 21.4. The summed E-state index contributed by atoms with van der Waals surface area (Å²) in [5, 5.41) is 7.34. The Morgan fingerprint density at radius 2 is 1.69 bits per heavy atom. The zero-order chi connectivity index (χ0) is 26.3. The number of rotatable bonds is 9. The summed E-state index contributed by atoms with van der Waals surface area (Å²) >= 11 is 5.95. The zero-order valence-electron chi connectivity index (χ0n) is 19.9.